The third-order valence-corrected chi connectivity index (χ3v) is 3.47. The van der Waals surface area contributed by atoms with E-state index in [-0.39, 0.29) is 0 Å². The van der Waals surface area contributed by atoms with Crippen molar-refractivity contribution in [2.24, 2.45) is 0 Å². The molecular formula is C14H24NO+. The minimum absolute atomic E-state index is 0.842. The van der Waals surface area contributed by atoms with Gasteiger partial charge in [0.25, 0.3) is 0 Å². The Morgan fingerprint density at radius 1 is 1.06 bits per heavy atom. The zero-order valence-electron chi connectivity index (χ0n) is 10.8. The van der Waals surface area contributed by atoms with Gasteiger partial charge in [-0.15, -0.1) is 0 Å². The molecule has 0 saturated carbocycles. The van der Waals surface area contributed by atoms with Crippen molar-refractivity contribution < 1.29 is 9.22 Å². The molecule has 1 aromatic rings. The summed E-state index contributed by atoms with van der Waals surface area (Å²) in [6, 6.07) is 10.7. The Labute approximate surface area is 99.4 Å². The van der Waals surface area contributed by atoms with Crippen LogP contribution in [0.2, 0.25) is 0 Å². The largest absolute Gasteiger partial charge is 0.379 e. The van der Waals surface area contributed by atoms with Crippen LogP contribution < -0.4 is 0 Å². The lowest BCUT2D eigenvalue weighted by Crippen LogP contribution is -2.48. The molecule has 0 fully saturated rings. The van der Waals surface area contributed by atoms with Crippen LogP contribution in [0.1, 0.15) is 19.4 Å². The first-order chi connectivity index (χ1) is 7.76. The Balaban J connectivity index is 2.70. The molecule has 0 N–H and O–H groups in total. The SMILES string of the molecule is CC[N+](CC)(CCOC)Cc1ccccc1. The van der Waals surface area contributed by atoms with E-state index >= 15 is 0 Å². The minimum atomic E-state index is 0.842. The number of rotatable bonds is 7. The number of hydrogen-bond acceptors (Lipinski definition) is 1. The maximum atomic E-state index is 5.22. The summed E-state index contributed by atoms with van der Waals surface area (Å²) in [6.07, 6.45) is 0. The van der Waals surface area contributed by atoms with Crippen molar-refractivity contribution in [1.29, 1.82) is 0 Å². The average Bonchev–Trinajstić information content (AvgIpc) is 2.36. The van der Waals surface area contributed by atoms with E-state index < -0.39 is 0 Å². The van der Waals surface area contributed by atoms with E-state index in [4.69, 9.17) is 4.74 Å². The number of nitrogens with zero attached hydrogens (tertiary/aromatic N) is 1. The highest BCUT2D eigenvalue weighted by Gasteiger charge is 2.22. The van der Waals surface area contributed by atoms with E-state index in [1.54, 1.807) is 7.11 Å². The zero-order chi connectivity index (χ0) is 11.9. The molecule has 0 bridgehead atoms. The molecule has 90 valence electrons. The lowest BCUT2D eigenvalue weighted by molar-refractivity contribution is -0.938. The van der Waals surface area contributed by atoms with Gasteiger partial charge < -0.3 is 9.22 Å². The summed E-state index contributed by atoms with van der Waals surface area (Å²) in [7, 11) is 1.78. The summed E-state index contributed by atoms with van der Waals surface area (Å²) in [5.74, 6) is 0. The van der Waals surface area contributed by atoms with Gasteiger partial charge in [-0.3, -0.25) is 0 Å². The first-order valence-electron chi connectivity index (χ1n) is 6.14. The van der Waals surface area contributed by atoms with Crippen molar-refractivity contribution in [2.45, 2.75) is 20.4 Å². The molecule has 2 nitrogen and oxygen atoms in total. The van der Waals surface area contributed by atoms with Crippen LogP contribution in [-0.4, -0.2) is 37.8 Å². The van der Waals surface area contributed by atoms with E-state index in [1.807, 2.05) is 0 Å². The van der Waals surface area contributed by atoms with E-state index in [9.17, 15) is 0 Å². The fourth-order valence-electron chi connectivity index (χ4n) is 2.10. The molecule has 0 atom stereocenters. The maximum absolute atomic E-state index is 5.22. The number of methoxy groups -OCH3 is 1. The highest BCUT2D eigenvalue weighted by Crippen LogP contribution is 2.14. The van der Waals surface area contributed by atoms with Crippen molar-refractivity contribution in [3.63, 3.8) is 0 Å². The summed E-state index contributed by atoms with van der Waals surface area (Å²) < 4.78 is 6.33. The molecule has 0 radical (unpaired) electrons. The van der Waals surface area contributed by atoms with Crippen LogP contribution in [0.15, 0.2) is 30.3 Å². The molecule has 16 heavy (non-hydrogen) atoms. The molecule has 0 aliphatic heterocycles. The number of quaternary nitrogens is 1. The predicted octanol–water partition coefficient (Wildman–Crippen LogP) is 2.69. The Morgan fingerprint density at radius 3 is 2.19 bits per heavy atom. The number of hydrogen-bond donors (Lipinski definition) is 0. The molecule has 0 aromatic heterocycles. The van der Waals surface area contributed by atoms with Gasteiger partial charge in [0, 0.05) is 12.7 Å². The van der Waals surface area contributed by atoms with Crippen LogP contribution in [0.25, 0.3) is 0 Å². The van der Waals surface area contributed by atoms with Gasteiger partial charge in [0.2, 0.25) is 0 Å². The van der Waals surface area contributed by atoms with Gasteiger partial charge >= 0.3 is 0 Å². The molecule has 0 aliphatic carbocycles. The van der Waals surface area contributed by atoms with E-state index in [0.717, 1.165) is 37.3 Å². The number of ether oxygens (including phenoxy) is 1. The Kier molecular flexibility index (Phi) is 5.50. The molecule has 0 amide bonds. The van der Waals surface area contributed by atoms with E-state index in [2.05, 4.69) is 44.2 Å². The van der Waals surface area contributed by atoms with Gasteiger partial charge in [-0.05, 0) is 13.8 Å². The summed E-state index contributed by atoms with van der Waals surface area (Å²) in [6.45, 7) is 9.90. The average molecular weight is 222 g/mol. The van der Waals surface area contributed by atoms with Gasteiger partial charge in [0.1, 0.15) is 13.1 Å². The van der Waals surface area contributed by atoms with Gasteiger partial charge in [-0.25, -0.2) is 0 Å². The van der Waals surface area contributed by atoms with Crippen molar-refractivity contribution in [3.8, 4) is 0 Å². The molecular weight excluding hydrogens is 198 g/mol. The Morgan fingerprint density at radius 2 is 1.69 bits per heavy atom. The molecule has 0 spiro atoms. The van der Waals surface area contributed by atoms with Crippen molar-refractivity contribution in [1.82, 2.24) is 0 Å². The van der Waals surface area contributed by atoms with Gasteiger partial charge in [-0.2, -0.15) is 0 Å². The molecule has 1 aromatic carbocycles. The number of likely N-dealkylation sites (N-methyl/N-ethyl adjacent to an activating group) is 1. The highest BCUT2D eigenvalue weighted by atomic mass is 16.5. The van der Waals surface area contributed by atoms with Gasteiger partial charge in [-0.1, -0.05) is 30.3 Å². The lowest BCUT2D eigenvalue weighted by Gasteiger charge is -2.36. The molecule has 1 rings (SSSR count). The second-order valence-electron chi connectivity index (χ2n) is 4.33. The van der Waals surface area contributed by atoms with Crippen molar-refractivity contribution in [3.05, 3.63) is 35.9 Å². The first-order valence-corrected chi connectivity index (χ1v) is 6.14. The van der Waals surface area contributed by atoms with E-state index in [1.165, 1.54) is 5.56 Å². The predicted molar refractivity (Wildman–Crippen MR) is 68.2 cm³/mol. The second kappa shape index (κ2) is 6.66. The quantitative estimate of drug-likeness (QED) is 0.645. The second-order valence-corrected chi connectivity index (χ2v) is 4.33. The highest BCUT2D eigenvalue weighted by molar-refractivity contribution is 5.13. The van der Waals surface area contributed by atoms with Crippen LogP contribution in [0.4, 0.5) is 0 Å². The summed E-state index contributed by atoms with van der Waals surface area (Å²) >= 11 is 0. The van der Waals surface area contributed by atoms with Crippen molar-refractivity contribution in [2.75, 3.05) is 33.4 Å². The Bertz CT molecular complexity index is 280. The maximum Gasteiger partial charge on any atom is 0.104 e. The summed E-state index contributed by atoms with van der Waals surface area (Å²) in [5.41, 5.74) is 1.42. The van der Waals surface area contributed by atoms with Gasteiger partial charge in [0.15, 0.2) is 0 Å². The standard InChI is InChI=1S/C14H24NO/c1-4-15(5-2,11-12-16-3)13-14-9-7-6-8-10-14/h6-10H,4-5,11-13H2,1-3H3/q+1. The zero-order valence-corrected chi connectivity index (χ0v) is 10.8. The third kappa shape index (κ3) is 3.62. The Hall–Kier alpha value is -0.860. The fourth-order valence-corrected chi connectivity index (χ4v) is 2.10. The summed E-state index contributed by atoms with van der Waals surface area (Å²) in [5, 5.41) is 0. The molecule has 0 heterocycles. The third-order valence-electron chi connectivity index (χ3n) is 3.47. The first kappa shape index (κ1) is 13.2. The topological polar surface area (TPSA) is 9.23 Å². The van der Waals surface area contributed by atoms with Crippen molar-refractivity contribution >= 4 is 0 Å². The summed E-state index contributed by atoms with van der Waals surface area (Å²) in [4.78, 5) is 0. The fraction of sp³-hybridized carbons (Fsp3) is 0.571. The molecule has 0 saturated heterocycles. The van der Waals surface area contributed by atoms with Gasteiger partial charge in [0.05, 0.1) is 19.7 Å². The normalized spacial score (nSPS) is 11.7. The van der Waals surface area contributed by atoms with Crippen LogP contribution in [-0.2, 0) is 11.3 Å². The smallest absolute Gasteiger partial charge is 0.104 e. The number of benzene rings is 1. The van der Waals surface area contributed by atoms with Crippen LogP contribution in [0.3, 0.4) is 0 Å². The monoisotopic (exact) mass is 222 g/mol. The van der Waals surface area contributed by atoms with Crippen LogP contribution in [0.5, 0.6) is 0 Å². The molecule has 0 aliphatic rings. The van der Waals surface area contributed by atoms with Crippen LogP contribution in [0, 0.1) is 0 Å². The minimum Gasteiger partial charge on any atom is -0.379 e. The van der Waals surface area contributed by atoms with E-state index in [0.29, 0.717) is 0 Å². The molecule has 2 heteroatoms. The van der Waals surface area contributed by atoms with Crippen LogP contribution >= 0.6 is 0 Å². The molecule has 0 unspecified atom stereocenters. The lowest BCUT2D eigenvalue weighted by atomic mass is 10.2.